The minimum absolute atomic E-state index is 0.0635. The average molecular weight is 323 g/mol. The highest BCUT2D eigenvalue weighted by Crippen LogP contribution is 2.21. The molecule has 2 aromatic rings. The molecule has 124 valence electrons. The lowest BCUT2D eigenvalue weighted by molar-refractivity contribution is 0.0946. The Labute approximate surface area is 141 Å². The molecule has 4 rings (SSSR count). The first-order valence-corrected chi connectivity index (χ1v) is 8.47. The minimum atomic E-state index is -0.0635. The van der Waals surface area contributed by atoms with Crippen LogP contribution in [0.2, 0.25) is 0 Å². The maximum absolute atomic E-state index is 12.2. The number of amides is 1. The third-order valence-electron chi connectivity index (χ3n) is 4.51. The van der Waals surface area contributed by atoms with E-state index in [2.05, 4.69) is 25.1 Å². The molecular formula is C18H21N5O. The van der Waals surface area contributed by atoms with Gasteiger partial charge in [-0.2, -0.15) is 0 Å². The summed E-state index contributed by atoms with van der Waals surface area (Å²) < 4.78 is 0. The number of carbonyl (C=O) groups excluding carboxylic acids is 1. The van der Waals surface area contributed by atoms with E-state index in [1.54, 1.807) is 6.20 Å². The number of hydrogen-bond donors (Lipinski definition) is 1. The van der Waals surface area contributed by atoms with E-state index >= 15 is 0 Å². The van der Waals surface area contributed by atoms with E-state index in [1.807, 2.05) is 36.5 Å². The molecule has 1 aliphatic heterocycles. The number of aromatic nitrogens is 2. The first kappa shape index (κ1) is 14.9. The van der Waals surface area contributed by atoms with Crippen molar-refractivity contribution in [2.24, 2.45) is 0 Å². The second-order valence-electron chi connectivity index (χ2n) is 6.31. The maximum Gasteiger partial charge on any atom is 0.270 e. The number of nitrogens with one attached hydrogen (secondary N) is 1. The third kappa shape index (κ3) is 3.32. The zero-order valence-corrected chi connectivity index (χ0v) is 13.6. The van der Waals surface area contributed by atoms with Crippen molar-refractivity contribution >= 4 is 17.4 Å². The summed E-state index contributed by atoms with van der Waals surface area (Å²) in [7, 11) is 0. The third-order valence-corrected chi connectivity index (χ3v) is 4.51. The van der Waals surface area contributed by atoms with Crippen LogP contribution in [0, 0.1) is 0 Å². The summed E-state index contributed by atoms with van der Waals surface area (Å²) in [5, 5.41) is 2.99. The molecule has 6 nitrogen and oxygen atoms in total. The van der Waals surface area contributed by atoms with Gasteiger partial charge >= 0.3 is 0 Å². The smallest absolute Gasteiger partial charge is 0.270 e. The van der Waals surface area contributed by atoms with Gasteiger partial charge in [0.1, 0.15) is 11.5 Å². The first-order valence-electron chi connectivity index (χ1n) is 8.47. The van der Waals surface area contributed by atoms with Gasteiger partial charge in [0.2, 0.25) is 0 Å². The first-order chi connectivity index (χ1) is 11.8. The predicted molar refractivity (Wildman–Crippen MR) is 93.4 cm³/mol. The zero-order chi connectivity index (χ0) is 16.4. The van der Waals surface area contributed by atoms with Gasteiger partial charge in [0, 0.05) is 50.3 Å². The molecule has 0 atom stereocenters. The summed E-state index contributed by atoms with van der Waals surface area (Å²) in [6.45, 7) is 3.65. The average Bonchev–Trinajstić information content (AvgIpc) is 3.47. The van der Waals surface area contributed by atoms with Crippen LogP contribution in [0.4, 0.5) is 11.5 Å². The van der Waals surface area contributed by atoms with Crippen LogP contribution in [0.3, 0.4) is 0 Å². The van der Waals surface area contributed by atoms with Gasteiger partial charge in [-0.3, -0.25) is 9.78 Å². The largest absolute Gasteiger partial charge is 0.368 e. The van der Waals surface area contributed by atoms with Gasteiger partial charge in [-0.05, 0) is 37.1 Å². The van der Waals surface area contributed by atoms with Crippen molar-refractivity contribution in [1.29, 1.82) is 0 Å². The molecule has 1 saturated heterocycles. The fourth-order valence-electron chi connectivity index (χ4n) is 2.96. The molecule has 2 aliphatic rings. The van der Waals surface area contributed by atoms with Crippen LogP contribution in [0.1, 0.15) is 23.3 Å². The lowest BCUT2D eigenvalue weighted by Crippen LogP contribution is -2.46. The van der Waals surface area contributed by atoms with Crippen LogP contribution < -0.4 is 15.1 Å². The molecule has 1 N–H and O–H groups in total. The lowest BCUT2D eigenvalue weighted by atomic mass is 10.2. The van der Waals surface area contributed by atoms with Crippen molar-refractivity contribution in [2.75, 3.05) is 36.0 Å². The van der Waals surface area contributed by atoms with Crippen LogP contribution in [-0.4, -0.2) is 48.1 Å². The lowest BCUT2D eigenvalue weighted by Gasteiger charge is -2.36. The topological polar surface area (TPSA) is 61.4 Å². The standard InChI is InChI=1S/C18H21N5O/c24-18(21-14-4-5-14)16-13-15(6-8-19-16)22-9-11-23(12-10-22)17-3-1-2-7-20-17/h1-3,6-8,13-14H,4-5,9-12H2,(H,21,24). The van der Waals surface area contributed by atoms with E-state index in [9.17, 15) is 4.79 Å². The van der Waals surface area contributed by atoms with Crippen LogP contribution in [-0.2, 0) is 0 Å². The summed E-state index contributed by atoms with van der Waals surface area (Å²) >= 11 is 0. The molecule has 1 amide bonds. The van der Waals surface area contributed by atoms with Crippen molar-refractivity contribution in [2.45, 2.75) is 18.9 Å². The summed E-state index contributed by atoms with van der Waals surface area (Å²) in [4.78, 5) is 25.4. The van der Waals surface area contributed by atoms with Crippen LogP contribution in [0.25, 0.3) is 0 Å². The molecule has 1 aliphatic carbocycles. The number of pyridine rings is 2. The normalized spacial score (nSPS) is 17.7. The summed E-state index contributed by atoms with van der Waals surface area (Å²) in [5.74, 6) is 0.961. The number of anilines is 2. The molecule has 0 aromatic carbocycles. The predicted octanol–water partition coefficient (Wildman–Crippen LogP) is 1.70. The minimum Gasteiger partial charge on any atom is -0.368 e. The molecule has 2 aromatic heterocycles. The number of carbonyl (C=O) groups is 1. The summed E-state index contributed by atoms with van der Waals surface area (Å²) in [6.07, 6.45) is 5.72. The molecule has 1 saturated carbocycles. The van der Waals surface area contributed by atoms with Crippen LogP contribution >= 0.6 is 0 Å². The van der Waals surface area contributed by atoms with E-state index in [1.165, 1.54) is 0 Å². The molecule has 0 bridgehead atoms. The van der Waals surface area contributed by atoms with Gasteiger partial charge in [0.25, 0.3) is 5.91 Å². The fourth-order valence-corrected chi connectivity index (χ4v) is 2.96. The maximum atomic E-state index is 12.2. The van der Waals surface area contributed by atoms with E-state index < -0.39 is 0 Å². The number of nitrogens with zero attached hydrogens (tertiary/aromatic N) is 4. The molecule has 0 unspecified atom stereocenters. The molecule has 6 heteroatoms. The Bertz CT molecular complexity index is 708. The highest BCUT2D eigenvalue weighted by atomic mass is 16.2. The molecule has 24 heavy (non-hydrogen) atoms. The second kappa shape index (κ2) is 6.47. The number of rotatable bonds is 4. The molecule has 2 fully saturated rings. The molecule has 0 radical (unpaired) electrons. The quantitative estimate of drug-likeness (QED) is 0.928. The molecule has 3 heterocycles. The zero-order valence-electron chi connectivity index (χ0n) is 13.6. The van der Waals surface area contributed by atoms with Crippen molar-refractivity contribution < 1.29 is 4.79 Å². The van der Waals surface area contributed by atoms with E-state index in [4.69, 9.17) is 0 Å². The summed E-state index contributed by atoms with van der Waals surface area (Å²) in [6, 6.07) is 10.2. The number of hydrogen-bond acceptors (Lipinski definition) is 5. The summed E-state index contributed by atoms with van der Waals surface area (Å²) in [5.41, 5.74) is 1.57. The van der Waals surface area contributed by atoms with Gasteiger partial charge in [0.05, 0.1) is 0 Å². The highest BCUT2D eigenvalue weighted by molar-refractivity contribution is 5.93. The van der Waals surface area contributed by atoms with Crippen molar-refractivity contribution in [3.63, 3.8) is 0 Å². The van der Waals surface area contributed by atoms with E-state index in [0.29, 0.717) is 11.7 Å². The van der Waals surface area contributed by atoms with Gasteiger partial charge in [-0.15, -0.1) is 0 Å². The Morgan fingerprint density at radius 2 is 1.79 bits per heavy atom. The molecular weight excluding hydrogens is 302 g/mol. The highest BCUT2D eigenvalue weighted by Gasteiger charge is 2.25. The fraction of sp³-hybridized carbons (Fsp3) is 0.389. The van der Waals surface area contributed by atoms with Gasteiger partial charge in [-0.1, -0.05) is 6.07 Å². The van der Waals surface area contributed by atoms with Gasteiger partial charge in [-0.25, -0.2) is 4.98 Å². The van der Waals surface area contributed by atoms with E-state index in [0.717, 1.165) is 50.5 Å². The molecule has 0 spiro atoms. The van der Waals surface area contributed by atoms with Crippen molar-refractivity contribution in [3.05, 3.63) is 48.4 Å². The van der Waals surface area contributed by atoms with Crippen LogP contribution in [0.5, 0.6) is 0 Å². The van der Waals surface area contributed by atoms with Crippen LogP contribution in [0.15, 0.2) is 42.7 Å². The monoisotopic (exact) mass is 323 g/mol. The van der Waals surface area contributed by atoms with Gasteiger partial charge in [0.15, 0.2) is 0 Å². The second-order valence-corrected chi connectivity index (χ2v) is 6.31. The van der Waals surface area contributed by atoms with Crippen molar-refractivity contribution in [1.82, 2.24) is 15.3 Å². The SMILES string of the molecule is O=C(NC1CC1)c1cc(N2CCN(c3ccccn3)CC2)ccn1. The Hall–Kier alpha value is -2.63. The Kier molecular flexibility index (Phi) is 4.02. The van der Waals surface area contributed by atoms with E-state index in [-0.39, 0.29) is 5.91 Å². The Morgan fingerprint density at radius 1 is 1.00 bits per heavy atom. The Morgan fingerprint density at radius 3 is 2.50 bits per heavy atom. The van der Waals surface area contributed by atoms with Crippen molar-refractivity contribution in [3.8, 4) is 0 Å². The Balaban J connectivity index is 1.41. The number of piperazine rings is 1. The van der Waals surface area contributed by atoms with Gasteiger partial charge < -0.3 is 15.1 Å².